The van der Waals surface area contributed by atoms with E-state index in [1.807, 2.05) is 20.8 Å². The second-order valence-electron chi connectivity index (χ2n) is 7.58. The minimum absolute atomic E-state index is 0.133. The average molecular weight is 331 g/mol. The van der Waals surface area contributed by atoms with Gasteiger partial charge in [-0.1, -0.05) is 20.8 Å². The monoisotopic (exact) mass is 331 g/mol. The van der Waals surface area contributed by atoms with Gasteiger partial charge in [-0.25, -0.2) is 8.42 Å². The normalized spacial score (nSPS) is 26.5. The Balaban J connectivity index is 1.88. The molecule has 7 heteroatoms. The maximum absolute atomic E-state index is 12.4. The van der Waals surface area contributed by atoms with E-state index < -0.39 is 10.0 Å². The summed E-state index contributed by atoms with van der Waals surface area (Å²) < 4.78 is 26.5. The van der Waals surface area contributed by atoms with Gasteiger partial charge >= 0.3 is 0 Å². The molecule has 2 fully saturated rings. The lowest BCUT2D eigenvalue weighted by atomic mass is 10.0. The number of rotatable bonds is 3. The molecule has 2 aliphatic heterocycles. The van der Waals surface area contributed by atoms with Crippen molar-refractivity contribution in [1.82, 2.24) is 14.5 Å². The lowest BCUT2D eigenvalue weighted by Gasteiger charge is -2.39. The fraction of sp³-hybridized carbons (Fsp3) is 0.933. The zero-order valence-electron chi connectivity index (χ0n) is 14.0. The third-order valence-corrected chi connectivity index (χ3v) is 6.69. The van der Waals surface area contributed by atoms with E-state index in [2.05, 4.69) is 10.2 Å². The molecule has 22 heavy (non-hydrogen) atoms. The number of nitrogens with zero attached hydrogens (tertiary/aromatic N) is 2. The van der Waals surface area contributed by atoms with Gasteiger partial charge in [-0.2, -0.15) is 4.31 Å². The highest BCUT2D eigenvalue weighted by atomic mass is 32.2. The first-order chi connectivity index (χ1) is 10.2. The third-order valence-electron chi connectivity index (χ3n) is 4.30. The molecule has 0 bridgehead atoms. The maximum atomic E-state index is 12.4. The van der Waals surface area contributed by atoms with Crippen LogP contribution in [-0.4, -0.2) is 68.0 Å². The predicted octanol–water partition coefficient (Wildman–Crippen LogP) is 0.649. The van der Waals surface area contributed by atoms with E-state index in [0.717, 1.165) is 32.5 Å². The van der Waals surface area contributed by atoms with Crippen LogP contribution in [0.5, 0.6) is 0 Å². The van der Waals surface area contributed by atoms with Crippen molar-refractivity contribution in [3.8, 4) is 0 Å². The van der Waals surface area contributed by atoms with Crippen molar-refractivity contribution in [2.75, 3.05) is 38.5 Å². The molecule has 2 heterocycles. The number of carbonyl (C=O) groups excluding carboxylic acids is 1. The molecule has 1 atom stereocenters. The van der Waals surface area contributed by atoms with Crippen LogP contribution in [0.4, 0.5) is 0 Å². The summed E-state index contributed by atoms with van der Waals surface area (Å²) in [4.78, 5) is 13.8. The zero-order chi connectivity index (χ0) is 16.4. The highest BCUT2D eigenvalue weighted by Crippen LogP contribution is 2.21. The molecule has 0 spiro atoms. The standard InChI is InChI=1S/C15H29N3O3S/c1-15(2,3)12-22(20,21)18-10-8-17(9-11-18)13-4-5-14(19)16-7-6-13/h13H,4-12H2,1-3H3,(H,16,19)/t13-/m1/s1. The SMILES string of the molecule is CC(C)(C)CS(=O)(=O)N1CCN([C@H]2CCNC(=O)CC2)CC1. The number of hydrogen-bond acceptors (Lipinski definition) is 4. The number of sulfonamides is 1. The summed E-state index contributed by atoms with van der Waals surface area (Å²) in [6, 6.07) is 0.395. The van der Waals surface area contributed by atoms with Gasteiger partial charge in [-0.05, 0) is 18.3 Å². The van der Waals surface area contributed by atoms with Crippen LogP contribution >= 0.6 is 0 Å². The van der Waals surface area contributed by atoms with Gasteiger partial charge in [0.05, 0.1) is 5.75 Å². The Morgan fingerprint density at radius 3 is 2.36 bits per heavy atom. The average Bonchev–Trinajstić information content (AvgIpc) is 2.61. The number of nitrogens with one attached hydrogen (secondary N) is 1. The van der Waals surface area contributed by atoms with Crippen LogP contribution in [0.2, 0.25) is 0 Å². The lowest BCUT2D eigenvalue weighted by Crippen LogP contribution is -2.53. The smallest absolute Gasteiger partial charge is 0.220 e. The van der Waals surface area contributed by atoms with Gasteiger partial charge in [-0.15, -0.1) is 0 Å². The molecule has 0 aliphatic carbocycles. The number of hydrogen-bond donors (Lipinski definition) is 1. The molecule has 2 aliphatic rings. The molecule has 0 radical (unpaired) electrons. The summed E-state index contributed by atoms with van der Waals surface area (Å²) >= 11 is 0. The Kier molecular flexibility index (Phi) is 5.50. The topological polar surface area (TPSA) is 69.7 Å². The first-order valence-corrected chi connectivity index (χ1v) is 9.77. The van der Waals surface area contributed by atoms with E-state index in [1.54, 1.807) is 4.31 Å². The minimum Gasteiger partial charge on any atom is -0.356 e. The van der Waals surface area contributed by atoms with Gasteiger partial charge < -0.3 is 5.32 Å². The molecule has 1 amide bonds. The van der Waals surface area contributed by atoms with Crippen molar-refractivity contribution in [2.45, 2.75) is 46.1 Å². The third kappa shape index (κ3) is 4.93. The van der Waals surface area contributed by atoms with E-state index in [0.29, 0.717) is 25.6 Å². The second kappa shape index (κ2) is 6.84. The van der Waals surface area contributed by atoms with Crippen molar-refractivity contribution >= 4 is 15.9 Å². The van der Waals surface area contributed by atoms with Crippen molar-refractivity contribution in [2.24, 2.45) is 5.41 Å². The zero-order valence-corrected chi connectivity index (χ0v) is 14.8. The van der Waals surface area contributed by atoms with Crippen molar-refractivity contribution < 1.29 is 13.2 Å². The van der Waals surface area contributed by atoms with Crippen molar-refractivity contribution in [3.05, 3.63) is 0 Å². The van der Waals surface area contributed by atoms with E-state index in [4.69, 9.17) is 0 Å². The van der Waals surface area contributed by atoms with Crippen LogP contribution in [0.25, 0.3) is 0 Å². The van der Waals surface area contributed by atoms with Crippen LogP contribution in [0.1, 0.15) is 40.0 Å². The Bertz CT molecular complexity index is 491. The summed E-state index contributed by atoms with van der Waals surface area (Å²) in [6.07, 6.45) is 2.41. The van der Waals surface area contributed by atoms with Gasteiger partial charge in [0.15, 0.2) is 0 Å². The van der Waals surface area contributed by atoms with E-state index >= 15 is 0 Å². The Morgan fingerprint density at radius 2 is 1.77 bits per heavy atom. The highest BCUT2D eigenvalue weighted by molar-refractivity contribution is 7.89. The Morgan fingerprint density at radius 1 is 1.14 bits per heavy atom. The maximum Gasteiger partial charge on any atom is 0.220 e. The van der Waals surface area contributed by atoms with E-state index in [1.165, 1.54) is 0 Å². The number of piperazine rings is 1. The molecule has 1 N–H and O–H groups in total. The second-order valence-corrected chi connectivity index (χ2v) is 9.55. The van der Waals surface area contributed by atoms with Crippen molar-refractivity contribution in [1.29, 1.82) is 0 Å². The molecule has 0 aromatic heterocycles. The highest BCUT2D eigenvalue weighted by Gasteiger charge is 2.32. The van der Waals surface area contributed by atoms with Crippen LogP contribution in [0.3, 0.4) is 0 Å². The van der Waals surface area contributed by atoms with E-state index in [-0.39, 0.29) is 17.1 Å². The molecule has 6 nitrogen and oxygen atoms in total. The summed E-state index contributed by atoms with van der Waals surface area (Å²) in [5.74, 6) is 0.330. The number of carbonyl (C=O) groups is 1. The Labute approximate surface area is 134 Å². The summed E-state index contributed by atoms with van der Waals surface area (Å²) in [5.41, 5.74) is -0.219. The number of amides is 1. The molecule has 2 saturated heterocycles. The lowest BCUT2D eigenvalue weighted by molar-refractivity contribution is -0.120. The summed E-state index contributed by atoms with van der Waals surface area (Å²) in [5, 5.41) is 2.90. The molecular weight excluding hydrogens is 302 g/mol. The summed E-state index contributed by atoms with van der Waals surface area (Å²) in [6.45, 7) is 9.26. The van der Waals surface area contributed by atoms with Crippen molar-refractivity contribution in [3.63, 3.8) is 0 Å². The fourth-order valence-electron chi connectivity index (χ4n) is 3.26. The first kappa shape index (κ1) is 17.7. The predicted molar refractivity (Wildman–Crippen MR) is 87.0 cm³/mol. The quantitative estimate of drug-likeness (QED) is 0.824. The van der Waals surface area contributed by atoms with Gasteiger partial charge in [0.25, 0.3) is 0 Å². The molecule has 2 rings (SSSR count). The molecule has 0 unspecified atom stereocenters. The molecular formula is C15H29N3O3S. The van der Waals surface area contributed by atoms with Crippen LogP contribution < -0.4 is 5.32 Å². The van der Waals surface area contributed by atoms with Gasteiger partial charge in [-0.3, -0.25) is 9.69 Å². The van der Waals surface area contributed by atoms with Gasteiger partial charge in [0.1, 0.15) is 0 Å². The fourth-order valence-corrected chi connectivity index (χ4v) is 5.26. The Hall–Kier alpha value is -0.660. The first-order valence-electron chi connectivity index (χ1n) is 8.16. The largest absolute Gasteiger partial charge is 0.356 e. The van der Waals surface area contributed by atoms with E-state index in [9.17, 15) is 13.2 Å². The van der Waals surface area contributed by atoms with Crippen LogP contribution in [-0.2, 0) is 14.8 Å². The molecule has 128 valence electrons. The van der Waals surface area contributed by atoms with Gasteiger partial charge in [0, 0.05) is 45.2 Å². The minimum atomic E-state index is -3.17. The summed E-state index contributed by atoms with van der Waals surface area (Å²) in [7, 11) is -3.17. The molecule has 0 saturated carbocycles. The van der Waals surface area contributed by atoms with Gasteiger partial charge in [0.2, 0.25) is 15.9 Å². The van der Waals surface area contributed by atoms with Crippen LogP contribution in [0.15, 0.2) is 0 Å². The molecule has 0 aromatic carbocycles. The molecule has 0 aromatic rings. The van der Waals surface area contributed by atoms with Crippen LogP contribution in [0, 0.1) is 5.41 Å².